The lowest BCUT2D eigenvalue weighted by molar-refractivity contribution is -0.129. The number of carbonyl (C=O) groups is 1. The third kappa shape index (κ3) is 3.37. The second kappa shape index (κ2) is 6.19. The summed E-state index contributed by atoms with van der Waals surface area (Å²) in [6, 6.07) is 15.7. The van der Waals surface area contributed by atoms with Crippen molar-refractivity contribution in [2.45, 2.75) is 25.0 Å². The molecule has 4 heteroatoms. The topological polar surface area (TPSA) is 35.5 Å². The van der Waals surface area contributed by atoms with Crippen molar-refractivity contribution in [1.29, 1.82) is 0 Å². The molecule has 108 valence electrons. The van der Waals surface area contributed by atoms with Crippen LogP contribution in [0.25, 0.3) is 0 Å². The van der Waals surface area contributed by atoms with Gasteiger partial charge in [-0.25, -0.2) is 0 Å². The molecule has 1 aliphatic rings. The van der Waals surface area contributed by atoms with E-state index in [2.05, 4.69) is 0 Å². The van der Waals surface area contributed by atoms with Crippen LogP contribution < -0.4 is 4.74 Å². The van der Waals surface area contributed by atoms with Crippen LogP contribution in [0.3, 0.4) is 0 Å². The van der Waals surface area contributed by atoms with E-state index < -0.39 is 0 Å². The molecule has 1 fully saturated rings. The zero-order valence-electron chi connectivity index (χ0n) is 11.4. The Labute approximate surface area is 128 Å². The zero-order chi connectivity index (χ0) is 14.7. The molecule has 2 unspecified atom stereocenters. The van der Waals surface area contributed by atoms with Gasteiger partial charge >= 0.3 is 0 Å². The molecule has 0 heterocycles. The summed E-state index contributed by atoms with van der Waals surface area (Å²) in [7, 11) is 0. The monoisotopic (exact) mass is 302 g/mol. The predicted molar refractivity (Wildman–Crippen MR) is 80.5 cm³/mol. The molecule has 2 aromatic carbocycles. The minimum atomic E-state index is -0.00495. The molecule has 0 saturated heterocycles. The van der Waals surface area contributed by atoms with Gasteiger partial charge in [0, 0.05) is 5.92 Å². The second-order valence-electron chi connectivity index (χ2n) is 5.08. The van der Waals surface area contributed by atoms with Crippen LogP contribution in [0, 0.1) is 0 Å². The number of halogens is 1. The summed E-state index contributed by atoms with van der Waals surface area (Å²) in [5.74, 6) is 0.925. The molecule has 0 spiro atoms. The van der Waals surface area contributed by atoms with E-state index in [1.165, 1.54) is 0 Å². The van der Waals surface area contributed by atoms with Crippen molar-refractivity contribution in [3.8, 4) is 5.75 Å². The van der Waals surface area contributed by atoms with Crippen molar-refractivity contribution in [2.75, 3.05) is 0 Å². The van der Waals surface area contributed by atoms with Crippen molar-refractivity contribution in [3.63, 3.8) is 0 Å². The van der Waals surface area contributed by atoms with Gasteiger partial charge in [0.15, 0.2) is 0 Å². The lowest BCUT2D eigenvalue weighted by Crippen LogP contribution is -1.97. The third-order valence-corrected chi connectivity index (χ3v) is 3.88. The van der Waals surface area contributed by atoms with Gasteiger partial charge in [-0.05, 0) is 29.7 Å². The fourth-order valence-electron chi connectivity index (χ4n) is 2.34. The standard InChI is InChI=1S/C17H15ClO3/c18-15-8-13(14-9-17(14)21-11-19)6-7-16(15)20-10-12-4-2-1-3-5-12/h1-8,11,14,17H,9-10H2. The van der Waals surface area contributed by atoms with Gasteiger partial charge in [0.05, 0.1) is 5.02 Å². The first kappa shape index (κ1) is 14.0. The van der Waals surface area contributed by atoms with Crippen LogP contribution in [0.15, 0.2) is 48.5 Å². The molecule has 1 saturated carbocycles. The second-order valence-corrected chi connectivity index (χ2v) is 5.48. The maximum absolute atomic E-state index is 10.3. The molecule has 2 aromatic rings. The van der Waals surface area contributed by atoms with Gasteiger partial charge in [-0.15, -0.1) is 0 Å². The summed E-state index contributed by atoms with van der Waals surface area (Å²) in [5.41, 5.74) is 2.18. The molecule has 2 atom stereocenters. The molecule has 1 aliphatic carbocycles. The zero-order valence-corrected chi connectivity index (χ0v) is 12.1. The summed E-state index contributed by atoms with van der Waals surface area (Å²) in [5, 5.41) is 0.584. The van der Waals surface area contributed by atoms with Gasteiger partial charge < -0.3 is 9.47 Å². The lowest BCUT2D eigenvalue weighted by atomic mass is 10.1. The van der Waals surface area contributed by atoms with Crippen LogP contribution in [-0.4, -0.2) is 12.6 Å². The summed E-state index contributed by atoms with van der Waals surface area (Å²) in [6.07, 6.45) is 0.855. The first-order valence-electron chi connectivity index (χ1n) is 6.83. The highest BCUT2D eigenvalue weighted by Crippen LogP contribution is 2.44. The molecular weight excluding hydrogens is 288 g/mol. The van der Waals surface area contributed by atoms with E-state index in [1.54, 1.807) is 0 Å². The summed E-state index contributed by atoms with van der Waals surface area (Å²) < 4.78 is 10.7. The Balaban J connectivity index is 1.64. The minimum absolute atomic E-state index is 0.00495. The number of benzene rings is 2. The van der Waals surface area contributed by atoms with Gasteiger partial charge in [0.2, 0.25) is 0 Å². The van der Waals surface area contributed by atoms with E-state index in [0.717, 1.165) is 17.5 Å². The Morgan fingerprint density at radius 1 is 1.19 bits per heavy atom. The Morgan fingerprint density at radius 2 is 2.00 bits per heavy atom. The molecule has 0 N–H and O–H groups in total. The van der Waals surface area contributed by atoms with Crippen LogP contribution in [0.1, 0.15) is 23.5 Å². The number of hydrogen-bond acceptors (Lipinski definition) is 3. The van der Waals surface area contributed by atoms with Crippen LogP contribution in [0.5, 0.6) is 5.75 Å². The van der Waals surface area contributed by atoms with Gasteiger partial charge in [0.25, 0.3) is 6.47 Å². The van der Waals surface area contributed by atoms with Gasteiger partial charge in [-0.3, -0.25) is 4.79 Å². The maximum atomic E-state index is 10.3. The van der Waals surface area contributed by atoms with E-state index in [4.69, 9.17) is 21.1 Å². The SMILES string of the molecule is O=COC1CC1c1ccc(OCc2ccccc2)c(Cl)c1. The Bertz CT molecular complexity index is 627. The molecule has 0 aromatic heterocycles. The lowest BCUT2D eigenvalue weighted by Gasteiger charge is -2.09. The molecule has 0 radical (unpaired) electrons. The van der Waals surface area contributed by atoms with Crippen molar-refractivity contribution >= 4 is 18.1 Å². The predicted octanol–water partition coefficient (Wildman–Crippen LogP) is 3.95. The van der Waals surface area contributed by atoms with Crippen LogP contribution in [-0.2, 0) is 16.1 Å². The maximum Gasteiger partial charge on any atom is 0.293 e. The number of ether oxygens (including phenoxy) is 2. The fourth-order valence-corrected chi connectivity index (χ4v) is 2.59. The molecule has 0 aliphatic heterocycles. The molecule has 3 nitrogen and oxygen atoms in total. The highest BCUT2D eigenvalue weighted by molar-refractivity contribution is 6.32. The van der Waals surface area contributed by atoms with Gasteiger partial charge in [-0.1, -0.05) is 48.0 Å². The Kier molecular flexibility index (Phi) is 4.11. The van der Waals surface area contributed by atoms with Gasteiger partial charge in [-0.2, -0.15) is 0 Å². The van der Waals surface area contributed by atoms with Crippen molar-refractivity contribution in [2.24, 2.45) is 0 Å². The highest BCUT2D eigenvalue weighted by atomic mass is 35.5. The van der Waals surface area contributed by atoms with Crippen LogP contribution in [0.4, 0.5) is 0 Å². The van der Waals surface area contributed by atoms with Crippen molar-refractivity contribution < 1.29 is 14.3 Å². The molecule has 0 amide bonds. The average molecular weight is 303 g/mol. The van der Waals surface area contributed by atoms with E-state index in [-0.39, 0.29) is 12.0 Å². The Hall–Kier alpha value is -2.00. The molecule has 21 heavy (non-hydrogen) atoms. The van der Waals surface area contributed by atoms with Crippen LogP contribution >= 0.6 is 11.6 Å². The minimum Gasteiger partial charge on any atom is -0.487 e. The number of hydrogen-bond donors (Lipinski definition) is 0. The molecular formula is C17H15ClO3. The van der Waals surface area contributed by atoms with Crippen molar-refractivity contribution in [1.82, 2.24) is 0 Å². The van der Waals surface area contributed by atoms with E-state index in [9.17, 15) is 4.79 Å². The average Bonchev–Trinajstić information content (AvgIpc) is 3.27. The quantitative estimate of drug-likeness (QED) is 0.758. The smallest absolute Gasteiger partial charge is 0.293 e. The normalized spacial score (nSPS) is 19.9. The first-order valence-corrected chi connectivity index (χ1v) is 7.21. The highest BCUT2D eigenvalue weighted by Gasteiger charge is 2.40. The first-order chi connectivity index (χ1) is 10.3. The third-order valence-electron chi connectivity index (χ3n) is 3.58. The van der Waals surface area contributed by atoms with Gasteiger partial charge in [0.1, 0.15) is 18.5 Å². The number of carbonyl (C=O) groups excluding carboxylic acids is 1. The fraction of sp³-hybridized carbons (Fsp3) is 0.235. The summed E-state index contributed by atoms with van der Waals surface area (Å²) in [4.78, 5) is 10.3. The Morgan fingerprint density at radius 3 is 2.71 bits per heavy atom. The number of rotatable bonds is 6. The largest absolute Gasteiger partial charge is 0.487 e. The van der Waals surface area contributed by atoms with Crippen molar-refractivity contribution in [3.05, 3.63) is 64.7 Å². The molecule has 0 bridgehead atoms. The summed E-state index contributed by atoms with van der Waals surface area (Å²) >= 11 is 6.26. The van der Waals surface area contributed by atoms with Crippen LogP contribution in [0.2, 0.25) is 5.02 Å². The van der Waals surface area contributed by atoms with E-state index in [1.807, 2.05) is 48.5 Å². The summed E-state index contributed by atoms with van der Waals surface area (Å²) in [6.45, 7) is 0.990. The molecule has 3 rings (SSSR count). The van der Waals surface area contributed by atoms with E-state index >= 15 is 0 Å². The van der Waals surface area contributed by atoms with E-state index in [0.29, 0.717) is 23.9 Å².